The monoisotopic (exact) mass is 236 g/mol. The summed E-state index contributed by atoms with van der Waals surface area (Å²) >= 11 is 0. The Labute approximate surface area is 99.6 Å². The fourth-order valence-electron chi connectivity index (χ4n) is 1.82. The molecule has 5 nitrogen and oxygen atoms in total. The second kappa shape index (κ2) is 5.14. The molecule has 2 rings (SSSR count). The molecule has 2 amide bonds. The van der Waals surface area contributed by atoms with E-state index < -0.39 is 0 Å². The van der Waals surface area contributed by atoms with Crippen LogP contribution in [0.4, 0.5) is 0 Å². The van der Waals surface area contributed by atoms with Gasteiger partial charge in [-0.15, -0.1) is 0 Å². The molecule has 1 unspecified atom stereocenters. The van der Waals surface area contributed by atoms with Gasteiger partial charge in [0.15, 0.2) is 0 Å². The Balaban J connectivity index is 1.85. The first-order valence-electron chi connectivity index (χ1n) is 5.83. The van der Waals surface area contributed by atoms with Gasteiger partial charge in [0.1, 0.15) is 11.5 Å². The average molecular weight is 236 g/mol. The van der Waals surface area contributed by atoms with Gasteiger partial charge in [-0.1, -0.05) is 6.92 Å². The number of amides is 2. The van der Waals surface area contributed by atoms with Crippen molar-refractivity contribution in [1.29, 1.82) is 0 Å². The first-order chi connectivity index (χ1) is 8.19. The van der Waals surface area contributed by atoms with Gasteiger partial charge in [0.2, 0.25) is 11.8 Å². The molecule has 1 atom stereocenters. The van der Waals surface area contributed by atoms with Crippen molar-refractivity contribution in [3.05, 3.63) is 23.7 Å². The van der Waals surface area contributed by atoms with Gasteiger partial charge in [0, 0.05) is 12.8 Å². The highest BCUT2D eigenvalue weighted by atomic mass is 16.3. The molecule has 0 saturated carbocycles. The Kier molecular flexibility index (Phi) is 3.58. The molecule has 1 fully saturated rings. The lowest BCUT2D eigenvalue weighted by molar-refractivity contribution is -0.134. The topological polar surface area (TPSA) is 71.3 Å². The number of furan rings is 1. The predicted octanol–water partition coefficient (Wildman–Crippen LogP) is 0.737. The van der Waals surface area contributed by atoms with E-state index in [0.717, 1.165) is 17.9 Å². The van der Waals surface area contributed by atoms with Gasteiger partial charge in [-0.05, 0) is 18.6 Å². The van der Waals surface area contributed by atoms with Crippen LogP contribution in [0.1, 0.15) is 31.3 Å². The number of carbonyl (C=O) groups excluding carboxylic acids is 2. The van der Waals surface area contributed by atoms with E-state index in [9.17, 15) is 9.59 Å². The van der Waals surface area contributed by atoms with Crippen LogP contribution < -0.4 is 10.6 Å². The summed E-state index contributed by atoms with van der Waals surface area (Å²) in [5.41, 5.74) is 0. The van der Waals surface area contributed by atoms with Crippen LogP contribution in [0.2, 0.25) is 0 Å². The van der Waals surface area contributed by atoms with E-state index in [-0.39, 0.29) is 17.9 Å². The third-order valence-electron chi connectivity index (χ3n) is 2.83. The number of hydrogen-bond donors (Lipinski definition) is 2. The predicted molar refractivity (Wildman–Crippen MR) is 61.1 cm³/mol. The number of piperidine rings is 1. The van der Waals surface area contributed by atoms with Crippen molar-refractivity contribution in [3.8, 4) is 0 Å². The summed E-state index contributed by atoms with van der Waals surface area (Å²) in [5.74, 6) is 1.31. The van der Waals surface area contributed by atoms with Crippen LogP contribution >= 0.6 is 0 Å². The molecule has 1 aliphatic rings. The fourth-order valence-corrected chi connectivity index (χ4v) is 1.82. The highest BCUT2D eigenvalue weighted by Crippen LogP contribution is 2.10. The summed E-state index contributed by atoms with van der Waals surface area (Å²) in [7, 11) is 0. The molecular formula is C12H16N2O3. The smallest absolute Gasteiger partial charge is 0.243 e. The molecule has 0 aliphatic carbocycles. The average Bonchev–Trinajstić information content (AvgIpc) is 2.76. The van der Waals surface area contributed by atoms with Gasteiger partial charge in [0.05, 0.1) is 12.6 Å². The number of imide groups is 1. The van der Waals surface area contributed by atoms with Gasteiger partial charge < -0.3 is 4.42 Å². The first-order valence-corrected chi connectivity index (χ1v) is 5.83. The van der Waals surface area contributed by atoms with E-state index in [1.807, 2.05) is 19.1 Å². The number of rotatable bonds is 4. The van der Waals surface area contributed by atoms with Crippen molar-refractivity contribution >= 4 is 11.8 Å². The Morgan fingerprint density at radius 2 is 2.18 bits per heavy atom. The molecule has 5 heteroatoms. The minimum Gasteiger partial charge on any atom is -0.465 e. The standard InChI is InChI=1S/C12H16N2O3/c1-2-8-3-4-9(17-8)7-13-10-5-6-11(15)14-12(10)16/h3-4,10,13H,2,5-7H2,1H3,(H,14,15,16). The zero-order valence-corrected chi connectivity index (χ0v) is 9.79. The van der Waals surface area contributed by atoms with E-state index in [1.165, 1.54) is 0 Å². The maximum atomic E-state index is 11.5. The summed E-state index contributed by atoms with van der Waals surface area (Å²) < 4.78 is 5.52. The second-order valence-corrected chi connectivity index (χ2v) is 4.11. The van der Waals surface area contributed by atoms with Crippen LogP contribution in [0, 0.1) is 0 Å². The van der Waals surface area contributed by atoms with Gasteiger partial charge in [0.25, 0.3) is 0 Å². The number of carbonyl (C=O) groups is 2. The van der Waals surface area contributed by atoms with Crippen molar-refractivity contribution in [3.63, 3.8) is 0 Å². The quantitative estimate of drug-likeness (QED) is 0.756. The lowest BCUT2D eigenvalue weighted by atomic mass is 10.1. The molecule has 0 radical (unpaired) electrons. The highest BCUT2D eigenvalue weighted by Gasteiger charge is 2.25. The maximum absolute atomic E-state index is 11.5. The van der Waals surface area contributed by atoms with Crippen LogP contribution in [0.25, 0.3) is 0 Å². The van der Waals surface area contributed by atoms with Crippen LogP contribution in [-0.4, -0.2) is 17.9 Å². The van der Waals surface area contributed by atoms with Crippen LogP contribution in [0.5, 0.6) is 0 Å². The largest absolute Gasteiger partial charge is 0.465 e. The molecule has 2 N–H and O–H groups in total. The minimum atomic E-state index is -0.303. The summed E-state index contributed by atoms with van der Waals surface area (Å²) in [6.07, 6.45) is 1.80. The molecular weight excluding hydrogens is 220 g/mol. The van der Waals surface area contributed by atoms with E-state index in [1.54, 1.807) is 0 Å². The molecule has 0 bridgehead atoms. The number of aryl methyl sites for hydroxylation is 1. The van der Waals surface area contributed by atoms with Crippen molar-refractivity contribution in [2.75, 3.05) is 0 Å². The second-order valence-electron chi connectivity index (χ2n) is 4.11. The maximum Gasteiger partial charge on any atom is 0.243 e. The Hall–Kier alpha value is -1.62. The molecule has 17 heavy (non-hydrogen) atoms. The zero-order chi connectivity index (χ0) is 12.3. The SMILES string of the molecule is CCc1ccc(CNC2CCC(=O)NC2=O)o1. The van der Waals surface area contributed by atoms with E-state index in [0.29, 0.717) is 19.4 Å². The molecule has 2 heterocycles. The summed E-state index contributed by atoms with van der Waals surface area (Å²) in [6, 6.07) is 3.53. The molecule has 1 saturated heterocycles. The molecule has 1 aromatic heterocycles. The molecule has 1 aromatic rings. The Morgan fingerprint density at radius 1 is 1.41 bits per heavy atom. The highest BCUT2D eigenvalue weighted by molar-refractivity contribution is 6.00. The normalized spacial score (nSPS) is 20.4. The third-order valence-corrected chi connectivity index (χ3v) is 2.83. The van der Waals surface area contributed by atoms with Gasteiger partial charge >= 0.3 is 0 Å². The third kappa shape index (κ3) is 2.94. The van der Waals surface area contributed by atoms with Gasteiger partial charge in [-0.25, -0.2) is 0 Å². The van der Waals surface area contributed by atoms with Crippen LogP contribution in [-0.2, 0) is 22.6 Å². The molecule has 1 aliphatic heterocycles. The summed E-state index contributed by atoms with van der Waals surface area (Å²) in [6.45, 7) is 2.53. The van der Waals surface area contributed by atoms with E-state index >= 15 is 0 Å². The number of nitrogens with one attached hydrogen (secondary N) is 2. The lowest BCUT2D eigenvalue weighted by Gasteiger charge is -2.21. The molecule has 0 aromatic carbocycles. The van der Waals surface area contributed by atoms with Crippen molar-refractivity contribution in [2.45, 2.75) is 38.8 Å². The van der Waals surface area contributed by atoms with Crippen molar-refractivity contribution in [1.82, 2.24) is 10.6 Å². The van der Waals surface area contributed by atoms with Gasteiger partial charge in [-0.3, -0.25) is 20.2 Å². The van der Waals surface area contributed by atoms with Crippen molar-refractivity contribution < 1.29 is 14.0 Å². The first kappa shape index (κ1) is 11.9. The van der Waals surface area contributed by atoms with Crippen LogP contribution in [0.15, 0.2) is 16.5 Å². The lowest BCUT2D eigenvalue weighted by Crippen LogP contribution is -2.50. The van der Waals surface area contributed by atoms with Crippen LogP contribution in [0.3, 0.4) is 0 Å². The van der Waals surface area contributed by atoms with Crippen molar-refractivity contribution in [2.24, 2.45) is 0 Å². The fraction of sp³-hybridized carbons (Fsp3) is 0.500. The summed E-state index contributed by atoms with van der Waals surface area (Å²) in [4.78, 5) is 22.4. The van der Waals surface area contributed by atoms with Gasteiger partial charge in [-0.2, -0.15) is 0 Å². The molecule has 0 spiro atoms. The van der Waals surface area contributed by atoms with E-state index in [2.05, 4.69) is 10.6 Å². The Morgan fingerprint density at radius 3 is 2.82 bits per heavy atom. The molecule has 92 valence electrons. The number of hydrogen-bond acceptors (Lipinski definition) is 4. The summed E-state index contributed by atoms with van der Waals surface area (Å²) in [5, 5.41) is 5.40. The van der Waals surface area contributed by atoms with E-state index in [4.69, 9.17) is 4.42 Å². The Bertz CT molecular complexity index is 425. The minimum absolute atomic E-state index is 0.195. The zero-order valence-electron chi connectivity index (χ0n) is 9.79.